The average Bonchev–Trinajstić information content (AvgIpc) is 2.66. The number of para-hydroxylation sites is 1. The van der Waals surface area contributed by atoms with Gasteiger partial charge in [0.05, 0.1) is 6.20 Å². The number of nitrogens with zero attached hydrogens (tertiary/aromatic N) is 2. The monoisotopic (exact) mass is 261 g/mol. The summed E-state index contributed by atoms with van der Waals surface area (Å²) in [4.78, 5) is 23.9. The SMILES string of the molecule is CCCn1cc(O)n(C(=O)Nc2ccccc2)c1=O. The van der Waals surface area contributed by atoms with E-state index in [1.165, 1.54) is 10.8 Å². The summed E-state index contributed by atoms with van der Waals surface area (Å²) in [5.41, 5.74) is 0.00910. The van der Waals surface area contributed by atoms with Crippen molar-refractivity contribution in [3.63, 3.8) is 0 Å². The van der Waals surface area contributed by atoms with Crippen LogP contribution in [0.3, 0.4) is 0 Å². The van der Waals surface area contributed by atoms with Crippen LogP contribution in [0.2, 0.25) is 0 Å². The second kappa shape index (κ2) is 5.43. The average molecular weight is 261 g/mol. The molecule has 0 fully saturated rings. The van der Waals surface area contributed by atoms with Crippen LogP contribution < -0.4 is 11.0 Å². The number of rotatable bonds is 3. The van der Waals surface area contributed by atoms with Gasteiger partial charge in [-0.15, -0.1) is 0 Å². The summed E-state index contributed by atoms with van der Waals surface area (Å²) in [5, 5.41) is 12.2. The van der Waals surface area contributed by atoms with Crippen molar-refractivity contribution in [3.05, 3.63) is 47.0 Å². The van der Waals surface area contributed by atoms with Crippen molar-refractivity contribution in [2.75, 3.05) is 5.32 Å². The Morgan fingerprint density at radius 3 is 2.63 bits per heavy atom. The predicted molar refractivity (Wildman–Crippen MR) is 71.5 cm³/mol. The van der Waals surface area contributed by atoms with Crippen LogP contribution in [-0.4, -0.2) is 20.3 Å². The molecule has 0 aliphatic rings. The number of aryl methyl sites for hydroxylation is 1. The quantitative estimate of drug-likeness (QED) is 0.885. The lowest BCUT2D eigenvalue weighted by molar-refractivity contribution is 0.249. The molecule has 0 atom stereocenters. The molecule has 0 unspecified atom stereocenters. The summed E-state index contributed by atoms with van der Waals surface area (Å²) in [6.45, 7) is 2.36. The van der Waals surface area contributed by atoms with E-state index in [4.69, 9.17) is 0 Å². The summed E-state index contributed by atoms with van der Waals surface area (Å²) in [6, 6.07) is 8.06. The van der Waals surface area contributed by atoms with E-state index in [1.807, 2.05) is 13.0 Å². The van der Waals surface area contributed by atoms with E-state index in [-0.39, 0.29) is 5.88 Å². The Hall–Kier alpha value is -2.50. The molecule has 0 aliphatic carbocycles. The standard InChI is InChI=1S/C13H15N3O3/c1-2-8-15-9-11(17)16(13(15)19)12(18)14-10-6-4-3-5-7-10/h3-7,9,17H,2,8H2,1H3,(H,14,18). The first kappa shape index (κ1) is 12.9. The van der Waals surface area contributed by atoms with Gasteiger partial charge in [0.1, 0.15) is 0 Å². The number of hydrogen-bond acceptors (Lipinski definition) is 3. The zero-order chi connectivity index (χ0) is 13.8. The van der Waals surface area contributed by atoms with Gasteiger partial charge in [-0.25, -0.2) is 9.59 Å². The molecule has 0 spiro atoms. The molecule has 0 saturated heterocycles. The molecule has 6 nitrogen and oxygen atoms in total. The van der Waals surface area contributed by atoms with Crippen molar-refractivity contribution in [2.24, 2.45) is 0 Å². The number of imidazole rings is 1. The van der Waals surface area contributed by atoms with Crippen molar-refractivity contribution in [1.29, 1.82) is 0 Å². The van der Waals surface area contributed by atoms with Gasteiger partial charge < -0.3 is 10.4 Å². The minimum Gasteiger partial charge on any atom is -0.493 e. The van der Waals surface area contributed by atoms with E-state index in [0.717, 1.165) is 6.42 Å². The van der Waals surface area contributed by atoms with Crippen LogP contribution in [0.25, 0.3) is 0 Å². The molecule has 1 heterocycles. The Morgan fingerprint density at radius 2 is 2.00 bits per heavy atom. The number of aromatic nitrogens is 2. The highest BCUT2D eigenvalue weighted by Gasteiger charge is 2.16. The van der Waals surface area contributed by atoms with Crippen molar-refractivity contribution >= 4 is 11.7 Å². The zero-order valence-corrected chi connectivity index (χ0v) is 10.5. The summed E-state index contributed by atoms with van der Waals surface area (Å²) in [5.74, 6) is -0.369. The number of nitrogens with one attached hydrogen (secondary N) is 1. The molecule has 0 radical (unpaired) electrons. The highest BCUT2D eigenvalue weighted by Crippen LogP contribution is 2.10. The lowest BCUT2D eigenvalue weighted by Crippen LogP contribution is -2.32. The molecule has 0 aliphatic heterocycles. The number of benzene rings is 1. The minimum atomic E-state index is -0.677. The highest BCUT2D eigenvalue weighted by atomic mass is 16.3. The maximum absolute atomic E-state index is 12.0. The fourth-order valence-corrected chi connectivity index (χ4v) is 1.77. The molecule has 1 aromatic carbocycles. The van der Waals surface area contributed by atoms with Crippen LogP contribution in [0.15, 0.2) is 41.3 Å². The minimum absolute atomic E-state index is 0.369. The molecule has 19 heavy (non-hydrogen) atoms. The van der Waals surface area contributed by atoms with Crippen LogP contribution in [0.5, 0.6) is 5.88 Å². The molecular formula is C13H15N3O3. The van der Waals surface area contributed by atoms with E-state index in [9.17, 15) is 14.7 Å². The van der Waals surface area contributed by atoms with Gasteiger partial charge >= 0.3 is 11.7 Å². The second-order valence-electron chi connectivity index (χ2n) is 4.09. The molecule has 1 aromatic heterocycles. The number of carbonyl (C=O) groups excluding carboxylic acids is 1. The summed E-state index contributed by atoms with van der Waals surface area (Å²) < 4.78 is 2.02. The summed E-state index contributed by atoms with van der Waals surface area (Å²) in [6.07, 6.45) is 2.00. The Kier molecular flexibility index (Phi) is 3.70. The largest absolute Gasteiger partial charge is 0.493 e. The lowest BCUT2D eigenvalue weighted by Gasteiger charge is -2.05. The molecule has 1 amide bonds. The number of anilines is 1. The van der Waals surface area contributed by atoms with Gasteiger partial charge in [0.15, 0.2) is 0 Å². The number of hydrogen-bond donors (Lipinski definition) is 2. The van der Waals surface area contributed by atoms with Crippen LogP contribution in [0.4, 0.5) is 10.5 Å². The number of carbonyl (C=O) groups is 1. The van der Waals surface area contributed by atoms with E-state index in [1.54, 1.807) is 24.3 Å². The van der Waals surface area contributed by atoms with Crippen LogP contribution in [-0.2, 0) is 6.54 Å². The first-order valence-corrected chi connectivity index (χ1v) is 6.01. The molecule has 2 aromatic rings. The first-order valence-electron chi connectivity index (χ1n) is 6.01. The molecule has 6 heteroatoms. The number of amides is 1. The Balaban J connectivity index is 2.27. The van der Waals surface area contributed by atoms with Gasteiger partial charge in [0, 0.05) is 12.2 Å². The molecule has 100 valence electrons. The van der Waals surface area contributed by atoms with E-state index >= 15 is 0 Å². The van der Waals surface area contributed by atoms with Crippen molar-refractivity contribution in [1.82, 2.24) is 9.13 Å². The third-order valence-electron chi connectivity index (χ3n) is 2.63. The zero-order valence-electron chi connectivity index (χ0n) is 10.5. The Bertz CT molecular complexity index is 628. The molecule has 2 N–H and O–H groups in total. The van der Waals surface area contributed by atoms with Gasteiger partial charge in [0.25, 0.3) is 0 Å². The highest BCUT2D eigenvalue weighted by molar-refractivity contribution is 5.91. The van der Waals surface area contributed by atoms with E-state index in [0.29, 0.717) is 16.8 Å². The van der Waals surface area contributed by atoms with E-state index < -0.39 is 11.7 Å². The third kappa shape index (κ3) is 2.67. The Labute approximate surface area is 109 Å². The van der Waals surface area contributed by atoms with Crippen LogP contribution in [0.1, 0.15) is 13.3 Å². The van der Waals surface area contributed by atoms with Gasteiger partial charge in [-0.3, -0.25) is 4.57 Å². The normalized spacial score (nSPS) is 10.4. The van der Waals surface area contributed by atoms with Crippen molar-refractivity contribution in [2.45, 2.75) is 19.9 Å². The third-order valence-corrected chi connectivity index (χ3v) is 2.63. The maximum Gasteiger partial charge on any atom is 0.339 e. The smallest absolute Gasteiger partial charge is 0.339 e. The van der Waals surface area contributed by atoms with Crippen molar-refractivity contribution in [3.8, 4) is 5.88 Å². The summed E-state index contributed by atoms with van der Waals surface area (Å²) in [7, 11) is 0. The fraction of sp³-hybridized carbons (Fsp3) is 0.231. The predicted octanol–water partition coefficient (Wildman–Crippen LogP) is 1.85. The lowest BCUT2D eigenvalue weighted by atomic mass is 10.3. The maximum atomic E-state index is 12.0. The molecule has 0 saturated carbocycles. The van der Waals surface area contributed by atoms with Crippen molar-refractivity contribution < 1.29 is 9.90 Å². The first-order chi connectivity index (χ1) is 9.13. The fourth-order valence-electron chi connectivity index (χ4n) is 1.77. The molecule has 0 bridgehead atoms. The Morgan fingerprint density at radius 1 is 1.32 bits per heavy atom. The van der Waals surface area contributed by atoms with Gasteiger partial charge in [-0.05, 0) is 18.6 Å². The second-order valence-corrected chi connectivity index (χ2v) is 4.09. The van der Waals surface area contributed by atoms with Gasteiger partial charge in [-0.1, -0.05) is 25.1 Å². The van der Waals surface area contributed by atoms with Crippen LogP contribution in [0, 0.1) is 0 Å². The molecule has 2 rings (SSSR count). The topological polar surface area (TPSA) is 76.3 Å². The molecular weight excluding hydrogens is 246 g/mol. The van der Waals surface area contributed by atoms with Crippen LogP contribution >= 0.6 is 0 Å². The van der Waals surface area contributed by atoms with Gasteiger partial charge in [0.2, 0.25) is 5.88 Å². The van der Waals surface area contributed by atoms with Gasteiger partial charge in [-0.2, -0.15) is 4.57 Å². The van der Waals surface area contributed by atoms with E-state index in [2.05, 4.69) is 5.32 Å². The summed E-state index contributed by atoms with van der Waals surface area (Å²) >= 11 is 0. The number of aromatic hydroxyl groups is 1.